The normalized spacial score (nSPS) is 16.5. The van der Waals surface area contributed by atoms with Crippen molar-refractivity contribution in [3.8, 4) is 17.1 Å². The third-order valence-electron chi connectivity index (χ3n) is 4.92. The third kappa shape index (κ3) is 4.27. The first-order valence-corrected chi connectivity index (χ1v) is 9.16. The molecule has 0 N–H and O–H groups in total. The number of pyridine rings is 1. The Morgan fingerprint density at radius 2 is 2.00 bits per heavy atom. The highest BCUT2D eigenvalue weighted by atomic mass is 16.5. The Bertz CT molecular complexity index is 820. The average Bonchev–Trinajstić information content (AvgIpc) is 3.06. The molecule has 2 amide bonds. The van der Waals surface area contributed by atoms with E-state index in [0.29, 0.717) is 24.4 Å². The SMILES string of the molecule is CCN1CC(CN(C)C(=O)c2ccc(-c3cccc(OC)n3)cc2)CC1=O. The fourth-order valence-corrected chi connectivity index (χ4v) is 3.45. The topological polar surface area (TPSA) is 62.7 Å². The van der Waals surface area contributed by atoms with Crippen molar-refractivity contribution in [1.82, 2.24) is 14.8 Å². The minimum Gasteiger partial charge on any atom is -0.481 e. The third-order valence-corrected chi connectivity index (χ3v) is 4.92. The zero-order valence-electron chi connectivity index (χ0n) is 16.0. The van der Waals surface area contributed by atoms with Crippen LogP contribution in [0.25, 0.3) is 11.3 Å². The van der Waals surface area contributed by atoms with Gasteiger partial charge in [-0.3, -0.25) is 9.59 Å². The molecule has 6 nitrogen and oxygen atoms in total. The van der Waals surface area contributed by atoms with Gasteiger partial charge in [0, 0.05) is 56.2 Å². The first-order chi connectivity index (χ1) is 13.0. The quantitative estimate of drug-likeness (QED) is 0.788. The van der Waals surface area contributed by atoms with Crippen LogP contribution in [-0.4, -0.2) is 60.4 Å². The van der Waals surface area contributed by atoms with Crippen molar-refractivity contribution in [3.05, 3.63) is 48.0 Å². The van der Waals surface area contributed by atoms with E-state index in [9.17, 15) is 9.59 Å². The van der Waals surface area contributed by atoms with Crippen LogP contribution in [0.5, 0.6) is 5.88 Å². The Kier molecular flexibility index (Phi) is 5.74. The van der Waals surface area contributed by atoms with Gasteiger partial charge in [0.2, 0.25) is 11.8 Å². The summed E-state index contributed by atoms with van der Waals surface area (Å²) in [5.41, 5.74) is 2.35. The predicted molar refractivity (Wildman–Crippen MR) is 104 cm³/mol. The van der Waals surface area contributed by atoms with Crippen LogP contribution in [0.4, 0.5) is 0 Å². The van der Waals surface area contributed by atoms with Gasteiger partial charge in [-0.05, 0) is 25.1 Å². The Balaban J connectivity index is 1.65. The molecule has 142 valence electrons. The van der Waals surface area contributed by atoms with Crippen molar-refractivity contribution >= 4 is 11.8 Å². The van der Waals surface area contributed by atoms with Gasteiger partial charge in [0.05, 0.1) is 12.8 Å². The van der Waals surface area contributed by atoms with Crippen LogP contribution in [0.2, 0.25) is 0 Å². The van der Waals surface area contributed by atoms with E-state index in [-0.39, 0.29) is 17.7 Å². The highest BCUT2D eigenvalue weighted by molar-refractivity contribution is 5.94. The molecule has 0 bridgehead atoms. The minimum atomic E-state index is -0.0393. The zero-order valence-corrected chi connectivity index (χ0v) is 16.0. The first kappa shape index (κ1) is 18.9. The molecule has 3 rings (SSSR count). The molecule has 1 fully saturated rings. The fourth-order valence-electron chi connectivity index (χ4n) is 3.45. The molecule has 2 aromatic rings. The molecule has 2 heterocycles. The molecular weight excluding hydrogens is 342 g/mol. The van der Waals surface area contributed by atoms with Crippen molar-refractivity contribution in [2.75, 3.05) is 33.8 Å². The predicted octanol–water partition coefficient (Wildman–Crippen LogP) is 2.70. The summed E-state index contributed by atoms with van der Waals surface area (Å²) < 4.78 is 5.16. The smallest absolute Gasteiger partial charge is 0.253 e. The molecule has 0 spiro atoms. The number of benzene rings is 1. The summed E-state index contributed by atoms with van der Waals surface area (Å²) in [5, 5.41) is 0. The molecule has 6 heteroatoms. The number of likely N-dealkylation sites (tertiary alicyclic amines) is 1. The van der Waals surface area contributed by atoms with Crippen LogP contribution >= 0.6 is 0 Å². The molecule has 1 aliphatic rings. The van der Waals surface area contributed by atoms with Crippen LogP contribution in [0, 0.1) is 5.92 Å². The standard InChI is InChI=1S/C21H25N3O3/c1-4-24-14-15(12-20(24)25)13-23(2)21(26)17-10-8-16(9-11-17)18-6-5-7-19(22-18)27-3/h5-11,15H,4,12-14H2,1-3H3. The summed E-state index contributed by atoms with van der Waals surface area (Å²) in [6.45, 7) is 4.02. The molecule has 0 saturated carbocycles. The number of hydrogen-bond donors (Lipinski definition) is 0. The lowest BCUT2D eigenvalue weighted by Crippen LogP contribution is -2.33. The number of methoxy groups -OCH3 is 1. The second-order valence-electron chi connectivity index (χ2n) is 6.83. The lowest BCUT2D eigenvalue weighted by molar-refractivity contribution is -0.127. The minimum absolute atomic E-state index is 0.0393. The van der Waals surface area contributed by atoms with Gasteiger partial charge >= 0.3 is 0 Å². The number of aromatic nitrogens is 1. The molecule has 1 unspecified atom stereocenters. The van der Waals surface area contributed by atoms with Crippen LogP contribution in [0.3, 0.4) is 0 Å². The van der Waals surface area contributed by atoms with Gasteiger partial charge in [0.15, 0.2) is 0 Å². The maximum Gasteiger partial charge on any atom is 0.253 e. The maximum atomic E-state index is 12.7. The molecule has 1 saturated heterocycles. The van der Waals surface area contributed by atoms with Crippen LogP contribution in [0.1, 0.15) is 23.7 Å². The number of carbonyl (C=O) groups excluding carboxylic acids is 2. The second-order valence-corrected chi connectivity index (χ2v) is 6.83. The number of carbonyl (C=O) groups is 2. The monoisotopic (exact) mass is 367 g/mol. The van der Waals surface area contributed by atoms with E-state index in [0.717, 1.165) is 24.3 Å². The molecule has 27 heavy (non-hydrogen) atoms. The van der Waals surface area contributed by atoms with Gasteiger partial charge in [-0.1, -0.05) is 18.2 Å². The lowest BCUT2D eigenvalue weighted by atomic mass is 10.1. The molecular formula is C21H25N3O3. The molecule has 1 aliphatic heterocycles. The van der Waals surface area contributed by atoms with E-state index < -0.39 is 0 Å². The Morgan fingerprint density at radius 3 is 2.63 bits per heavy atom. The van der Waals surface area contributed by atoms with Gasteiger partial charge in [-0.25, -0.2) is 4.98 Å². The average molecular weight is 367 g/mol. The van der Waals surface area contributed by atoms with Crippen molar-refractivity contribution in [2.45, 2.75) is 13.3 Å². The van der Waals surface area contributed by atoms with E-state index >= 15 is 0 Å². The summed E-state index contributed by atoms with van der Waals surface area (Å²) in [6, 6.07) is 13.0. The van der Waals surface area contributed by atoms with E-state index in [2.05, 4.69) is 4.98 Å². The van der Waals surface area contributed by atoms with E-state index in [4.69, 9.17) is 4.74 Å². The summed E-state index contributed by atoms with van der Waals surface area (Å²) in [4.78, 5) is 32.5. The summed E-state index contributed by atoms with van der Waals surface area (Å²) in [5.74, 6) is 0.896. The molecule has 1 atom stereocenters. The van der Waals surface area contributed by atoms with Crippen molar-refractivity contribution in [3.63, 3.8) is 0 Å². The number of ether oxygens (including phenoxy) is 1. The molecule has 1 aromatic carbocycles. The molecule has 1 aromatic heterocycles. The number of rotatable bonds is 6. The number of nitrogens with zero attached hydrogens (tertiary/aromatic N) is 3. The highest BCUT2D eigenvalue weighted by Crippen LogP contribution is 2.22. The van der Waals surface area contributed by atoms with Gasteiger partial charge in [0.25, 0.3) is 5.91 Å². The highest BCUT2D eigenvalue weighted by Gasteiger charge is 2.30. The Morgan fingerprint density at radius 1 is 1.26 bits per heavy atom. The molecule has 0 radical (unpaired) electrons. The van der Waals surface area contributed by atoms with Crippen molar-refractivity contribution < 1.29 is 14.3 Å². The summed E-state index contributed by atoms with van der Waals surface area (Å²) in [6.07, 6.45) is 0.520. The van der Waals surface area contributed by atoms with Gasteiger partial charge in [-0.2, -0.15) is 0 Å². The van der Waals surface area contributed by atoms with E-state index in [1.54, 1.807) is 25.1 Å². The Hall–Kier alpha value is -2.89. The number of amides is 2. The van der Waals surface area contributed by atoms with Crippen LogP contribution < -0.4 is 4.74 Å². The lowest BCUT2D eigenvalue weighted by Gasteiger charge is -2.21. The number of hydrogen-bond acceptors (Lipinski definition) is 4. The van der Waals surface area contributed by atoms with Crippen molar-refractivity contribution in [1.29, 1.82) is 0 Å². The largest absolute Gasteiger partial charge is 0.481 e. The fraction of sp³-hybridized carbons (Fsp3) is 0.381. The summed E-state index contributed by atoms with van der Waals surface area (Å²) >= 11 is 0. The maximum absolute atomic E-state index is 12.7. The van der Waals surface area contributed by atoms with Crippen molar-refractivity contribution in [2.24, 2.45) is 5.92 Å². The van der Waals surface area contributed by atoms with Gasteiger partial charge in [0.1, 0.15) is 0 Å². The first-order valence-electron chi connectivity index (χ1n) is 9.16. The van der Waals surface area contributed by atoms with E-state index in [1.807, 2.05) is 48.2 Å². The van der Waals surface area contributed by atoms with Crippen LogP contribution in [0.15, 0.2) is 42.5 Å². The zero-order chi connectivity index (χ0) is 19.4. The Labute approximate surface area is 159 Å². The van der Waals surface area contributed by atoms with E-state index in [1.165, 1.54) is 0 Å². The van der Waals surface area contributed by atoms with Gasteiger partial charge < -0.3 is 14.5 Å². The second kappa shape index (κ2) is 8.20. The summed E-state index contributed by atoms with van der Waals surface area (Å²) in [7, 11) is 3.38. The van der Waals surface area contributed by atoms with Gasteiger partial charge in [-0.15, -0.1) is 0 Å². The molecule has 0 aliphatic carbocycles. The van der Waals surface area contributed by atoms with Crippen LogP contribution in [-0.2, 0) is 4.79 Å².